The van der Waals surface area contributed by atoms with E-state index in [2.05, 4.69) is 11.3 Å². The second kappa shape index (κ2) is 8.86. The molecule has 0 saturated heterocycles. The highest BCUT2D eigenvalue weighted by Gasteiger charge is 2.30. The maximum absolute atomic E-state index is 12.8. The summed E-state index contributed by atoms with van der Waals surface area (Å²) >= 11 is 0. The summed E-state index contributed by atoms with van der Waals surface area (Å²) in [5.41, 5.74) is 2.55. The van der Waals surface area contributed by atoms with Gasteiger partial charge in [-0.05, 0) is 46.5 Å². The number of alkyl halides is 3. The molecule has 0 amide bonds. The average molecular weight is 412 g/mol. The van der Waals surface area contributed by atoms with Gasteiger partial charge in [0.25, 0.3) is 0 Å². The molecule has 3 aromatic carbocycles. The molecule has 0 aliphatic carbocycles. The molecule has 0 aliphatic heterocycles. The van der Waals surface area contributed by atoms with Crippen molar-refractivity contribution >= 4 is 11.5 Å². The molecule has 0 N–H and O–H groups in total. The molecule has 3 rings (SSSR count). The van der Waals surface area contributed by atoms with E-state index in [0.717, 1.165) is 23.3 Å². The summed E-state index contributed by atoms with van der Waals surface area (Å²) in [5, 5.41) is 0. The van der Waals surface area contributed by atoms with Gasteiger partial charge in [-0.25, -0.2) is 4.79 Å². The Bertz CT molecular complexity index is 1040. The van der Waals surface area contributed by atoms with E-state index in [1.165, 1.54) is 13.2 Å². The van der Waals surface area contributed by atoms with Gasteiger partial charge in [0.2, 0.25) is 0 Å². The average Bonchev–Trinajstić information content (AvgIpc) is 2.77. The number of carbonyl (C=O) groups is 1. The van der Waals surface area contributed by atoms with E-state index >= 15 is 0 Å². The van der Waals surface area contributed by atoms with Gasteiger partial charge in [-0.15, -0.1) is 0 Å². The van der Waals surface area contributed by atoms with Crippen molar-refractivity contribution in [3.8, 4) is 16.9 Å². The molecule has 0 spiro atoms. The number of hydrogen-bond acceptors (Lipinski definition) is 3. The van der Waals surface area contributed by atoms with E-state index in [1.807, 2.05) is 24.3 Å². The topological polar surface area (TPSA) is 35.5 Å². The minimum Gasteiger partial charge on any atom is -0.489 e. The molecule has 0 aliphatic rings. The third kappa shape index (κ3) is 5.08. The molecule has 0 fully saturated rings. The molecule has 3 aromatic rings. The highest BCUT2D eigenvalue weighted by Crippen LogP contribution is 2.30. The number of ether oxygens (including phenoxy) is 2. The van der Waals surface area contributed by atoms with Crippen molar-refractivity contribution in [3.63, 3.8) is 0 Å². The van der Waals surface area contributed by atoms with Gasteiger partial charge < -0.3 is 9.47 Å². The standard InChI is InChI=1S/C24H19F3O3/c1-16(23(28)29-2)18-6-8-19(9-7-18)20-10-12-22(13-11-20)30-15-17-4-3-5-21(14-17)24(25,26)27/h3-14H,1,15H2,2H3. The van der Waals surface area contributed by atoms with Gasteiger partial charge in [0.05, 0.1) is 18.2 Å². The van der Waals surface area contributed by atoms with Crippen molar-refractivity contribution in [1.29, 1.82) is 0 Å². The van der Waals surface area contributed by atoms with Gasteiger partial charge in [0.1, 0.15) is 12.4 Å². The second-order valence-electron chi connectivity index (χ2n) is 6.56. The van der Waals surface area contributed by atoms with Crippen LogP contribution < -0.4 is 4.74 Å². The second-order valence-corrected chi connectivity index (χ2v) is 6.56. The van der Waals surface area contributed by atoms with Crippen molar-refractivity contribution in [2.75, 3.05) is 7.11 Å². The van der Waals surface area contributed by atoms with E-state index in [1.54, 1.807) is 30.3 Å². The molecule has 0 aromatic heterocycles. The Labute approximate surface area is 172 Å². The summed E-state index contributed by atoms with van der Waals surface area (Å²) in [6.07, 6.45) is -4.38. The lowest BCUT2D eigenvalue weighted by Crippen LogP contribution is -2.06. The lowest BCUT2D eigenvalue weighted by Gasteiger charge is -2.11. The van der Waals surface area contributed by atoms with Crippen LogP contribution in [-0.2, 0) is 22.3 Å². The number of carbonyl (C=O) groups excluding carboxylic acids is 1. The Morgan fingerprint density at radius 2 is 1.53 bits per heavy atom. The van der Waals surface area contributed by atoms with Crippen molar-refractivity contribution in [2.24, 2.45) is 0 Å². The van der Waals surface area contributed by atoms with E-state index in [-0.39, 0.29) is 12.2 Å². The summed E-state index contributed by atoms with van der Waals surface area (Å²) in [6, 6.07) is 19.6. The number of benzene rings is 3. The Morgan fingerprint density at radius 1 is 0.933 bits per heavy atom. The maximum Gasteiger partial charge on any atom is 0.416 e. The van der Waals surface area contributed by atoms with Gasteiger partial charge in [-0.1, -0.05) is 55.1 Å². The molecule has 3 nitrogen and oxygen atoms in total. The van der Waals surface area contributed by atoms with E-state index in [0.29, 0.717) is 16.9 Å². The van der Waals surface area contributed by atoms with Crippen LogP contribution in [0.4, 0.5) is 13.2 Å². The van der Waals surface area contributed by atoms with Crippen LogP contribution in [0.1, 0.15) is 16.7 Å². The largest absolute Gasteiger partial charge is 0.489 e. The smallest absolute Gasteiger partial charge is 0.416 e. The Balaban J connectivity index is 1.65. The van der Waals surface area contributed by atoms with Crippen LogP contribution in [0.5, 0.6) is 5.75 Å². The van der Waals surface area contributed by atoms with Gasteiger partial charge in [-0.3, -0.25) is 0 Å². The van der Waals surface area contributed by atoms with Crippen molar-refractivity contribution in [3.05, 3.63) is 96.1 Å². The molecule has 0 heterocycles. The Hall–Kier alpha value is -3.54. The molecule has 0 bridgehead atoms. The summed E-state index contributed by atoms with van der Waals surface area (Å²) < 4.78 is 48.7. The molecule has 0 atom stereocenters. The SMILES string of the molecule is C=C(C(=O)OC)c1ccc(-c2ccc(OCc3cccc(C(F)(F)F)c3)cc2)cc1. The van der Waals surface area contributed by atoms with Gasteiger partial charge in [0, 0.05) is 0 Å². The number of rotatable bonds is 6. The zero-order valence-corrected chi connectivity index (χ0v) is 16.2. The molecular weight excluding hydrogens is 393 g/mol. The first-order valence-electron chi connectivity index (χ1n) is 9.05. The first kappa shape index (κ1) is 21.2. The highest BCUT2D eigenvalue weighted by atomic mass is 19.4. The minimum absolute atomic E-state index is 0.0353. The molecule has 30 heavy (non-hydrogen) atoms. The van der Waals surface area contributed by atoms with Crippen LogP contribution in [0, 0.1) is 0 Å². The summed E-state index contributed by atoms with van der Waals surface area (Å²) in [7, 11) is 1.30. The molecular formula is C24H19F3O3. The van der Waals surface area contributed by atoms with Crippen molar-refractivity contribution < 1.29 is 27.4 Å². The molecule has 0 saturated carbocycles. The fourth-order valence-electron chi connectivity index (χ4n) is 2.85. The fraction of sp³-hybridized carbons (Fsp3) is 0.125. The summed E-state index contributed by atoms with van der Waals surface area (Å²) in [4.78, 5) is 11.5. The summed E-state index contributed by atoms with van der Waals surface area (Å²) in [5.74, 6) is 0.0665. The van der Waals surface area contributed by atoms with Gasteiger partial charge in [0.15, 0.2) is 0 Å². The molecule has 0 unspecified atom stereocenters. The Morgan fingerprint density at radius 3 is 2.10 bits per heavy atom. The molecule has 0 radical (unpaired) electrons. The van der Waals surface area contributed by atoms with Crippen LogP contribution in [0.3, 0.4) is 0 Å². The monoisotopic (exact) mass is 412 g/mol. The zero-order chi connectivity index (χ0) is 21.7. The van der Waals surface area contributed by atoms with E-state index in [4.69, 9.17) is 4.74 Å². The molecule has 154 valence electrons. The number of hydrogen-bond donors (Lipinski definition) is 0. The van der Waals surface area contributed by atoms with Crippen LogP contribution in [0.15, 0.2) is 79.4 Å². The van der Waals surface area contributed by atoms with E-state index < -0.39 is 17.7 Å². The van der Waals surface area contributed by atoms with Crippen LogP contribution in [0.2, 0.25) is 0 Å². The predicted molar refractivity (Wildman–Crippen MR) is 109 cm³/mol. The van der Waals surface area contributed by atoms with Crippen LogP contribution in [-0.4, -0.2) is 13.1 Å². The normalized spacial score (nSPS) is 11.1. The predicted octanol–water partition coefficient (Wildman–Crippen LogP) is 6.14. The number of halogens is 3. The minimum atomic E-state index is -4.38. The third-order valence-electron chi connectivity index (χ3n) is 4.51. The van der Waals surface area contributed by atoms with Crippen LogP contribution in [0.25, 0.3) is 16.7 Å². The van der Waals surface area contributed by atoms with Crippen molar-refractivity contribution in [2.45, 2.75) is 12.8 Å². The van der Waals surface area contributed by atoms with Crippen LogP contribution >= 0.6 is 0 Å². The Kier molecular flexibility index (Phi) is 6.26. The first-order chi connectivity index (χ1) is 14.3. The number of methoxy groups -OCH3 is 1. The maximum atomic E-state index is 12.8. The quantitative estimate of drug-likeness (QED) is 0.361. The number of esters is 1. The fourth-order valence-corrected chi connectivity index (χ4v) is 2.85. The van der Waals surface area contributed by atoms with Gasteiger partial charge >= 0.3 is 12.1 Å². The molecule has 6 heteroatoms. The lowest BCUT2D eigenvalue weighted by atomic mass is 10.0. The lowest BCUT2D eigenvalue weighted by molar-refractivity contribution is -0.137. The highest BCUT2D eigenvalue weighted by molar-refractivity contribution is 6.15. The van der Waals surface area contributed by atoms with Gasteiger partial charge in [-0.2, -0.15) is 13.2 Å². The first-order valence-corrected chi connectivity index (χ1v) is 9.05. The third-order valence-corrected chi connectivity index (χ3v) is 4.51. The zero-order valence-electron chi connectivity index (χ0n) is 16.2. The van der Waals surface area contributed by atoms with Crippen molar-refractivity contribution in [1.82, 2.24) is 0 Å². The van der Waals surface area contributed by atoms with E-state index in [9.17, 15) is 18.0 Å². The summed E-state index contributed by atoms with van der Waals surface area (Å²) in [6.45, 7) is 3.76.